The van der Waals surface area contributed by atoms with Gasteiger partial charge in [0.2, 0.25) is 5.95 Å². The zero-order valence-electron chi connectivity index (χ0n) is 10.3. The summed E-state index contributed by atoms with van der Waals surface area (Å²) in [5, 5.41) is 8.87. The molecular formula is C11H11N3O5S. The molecule has 0 radical (unpaired) electrons. The van der Waals surface area contributed by atoms with Gasteiger partial charge in [0.15, 0.2) is 0 Å². The molecule has 106 valence electrons. The first-order chi connectivity index (χ1) is 9.44. The van der Waals surface area contributed by atoms with Crippen LogP contribution in [0, 0.1) is 0 Å². The Morgan fingerprint density at radius 2 is 2.20 bits per heavy atom. The van der Waals surface area contributed by atoms with Crippen molar-refractivity contribution in [2.24, 2.45) is 0 Å². The first-order valence-electron chi connectivity index (χ1n) is 5.37. The van der Waals surface area contributed by atoms with Gasteiger partial charge < -0.3 is 14.8 Å². The van der Waals surface area contributed by atoms with E-state index in [0.717, 1.165) is 12.1 Å². The molecule has 0 spiro atoms. The van der Waals surface area contributed by atoms with Crippen LogP contribution in [0.2, 0.25) is 0 Å². The molecule has 1 heterocycles. The van der Waals surface area contributed by atoms with Crippen LogP contribution in [0.25, 0.3) is 0 Å². The van der Waals surface area contributed by atoms with E-state index in [4.69, 9.17) is 9.84 Å². The Labute approximate surface area is 114 Å². The molecule has 2 aromatic rings. The number of carboxylic acid groups (broad SMARTS) is 1. The summed E-state index contributed by atoms with van der Waals surface area (Å²) in [6, 6.07) is 3.48. The predicted molar refractivity (Wildman–Crippen MR) is 69.3 cm³/mol. The summed E-state index contributed by atoms with van der Waals surface area (Å²) in [7, 11) is -2.67. The van der Waals surface area contributed by atoms with Crippen molar-refractivity contribution < 1.29 is 23.1 Å². The van der Waals surface area contributed by atoms with E-state index >= 15 is 0 Å². The molecule has 9 heteroatoms. The predicted octanol–water partition coefficient (Wildman–Crippen LogP) is 0.917. The van der Waals surface area contributed by atoms with Crippen LogP contribution in [0.5, 0.6) is 5.75 Å². The van der Waals surface area contributed by atoms with Crippen LogP contribution in [-0.4, -0.2) is 36.6 Å². The van der Waals surface area contributed by atoms with Gasteiger partial charge in [0.1, 0.15) is 10.6 Å². The zero-order chi connectivity index (χ0) is 14.8. The highest BCUT2D eigenvalue weighted by Gasteiger charge is 2.21. The van der Waals surface area contributed by atoms with E-state index in [0.29, 0.717) is 0 Å². The summed E-state index contributed by atoms with van der Waals surface area (Å²) in [4.78, 5) is 17.0. The van der Waals surface area contributed by atoms with Crippen LogP contribution < -0.4 is 9.46 Å². The molecule has 1 aromatic carbocycles. The molecule has 0 atom stereocenters. The fourth-order valence-corrected chi connectivity index (χ4v) is 2.66. The second-order valence-corrected chi connectivity index (χ2v) is 5.36. The molecule has 0 aliphatic heterocycles. The molecule has 3 N–H and O–H groups in total. The zero-order valence-corrected chi connectivity index (χ0v) is 11.1. The number of carbonyl (C=O) groups is 1. The third-order valence-corrected chi connectivity index (χ3v) is 3.81. The van der Waals surface area contributed by atoms with Gasteiger partial charge in [-0.3, -0.25) is 0 Å². The fraction of sp³-hybridized carbons (Fsp3) is 0.0909. The average Bonchev–Trinajstić information content (AvgIpc) is 2.89. The largest absolute Gasteiger partial charge is 0.495 e. The number of anilines is 1. The van der Waals surface area contributed by atoms with Crippen molar-refractivity contribution in [1.29, 1.82) is 0 Å². The van der Waals surface area contributed by atoms with E-state index in [9.17, 15) is 13.2 Å². The lowest BCUT2D eigenvalue weighted by Gasteiger charge is -2.10. The summed E-state index contributed by atoms with van der Waals surface area (Å²) in [5.74, 6) is -1.19. The van der Waals surface area contributed by atoms with Gasteiger partial charge in [-0.15, -0.1) is 0 Å². The Balaban J connectivity index is 2.43. The quantitative estimate of drug-likeness (QED) is 0.754. The normalized spacial score (nSPS) is 11.1. The van der Waals surface area contributed by atoms with E-state index in [2.05, 4.69) is 14.7 Å². The van der Waals surface area contributed by atoms with E-state index < -0.39 is 16.0 Å². The van der Waals surface area contributed by atoms with Crippen molar-refractivity contribution in [3.63, 3.8) is 0 Å². The number of aromatic amines is 1. The maximum absolute atomic E-state index is 12.2. The number of ether oxygens (including phenoxy) is 1. The average molecular weight is 297 g/mol. The van der Waals surface area contributed by atoms with Gasteiger partial charge in [0, 0.05) is 12.4 Å². The van der Waals surface area contributed by atoms with Gasteiger partial charge in [-0.25, -0.2) is 22.9 Å². The summed E-state index contributed by atoms with van der Waals surface area (Å²) < 4.78 is 31.5. The molecule has 20 heavy (non-hydrogen) atoms. The molecule has 0 saturated carbocycles. The van der Waals surface area contributed by atoms with Crippen LogP contribution in [-0.2, 0) is 10.0 Å². The van der Waals surface area contributed by atoms with Crippen molar-refractivity contribution in [3.05, 3.63) is 36.2 Å². The van der Waals surface area contributed by atoms with Gasteiger partial charge in [-0.05, 0) is 18.2 Å². The minimum Gasteiger partial charge on any atom is -0.495 e. The minimum atomic E-state index is -3.93. The number of hydrogen-bond donors (Lipinski definition) is 3. The second-order valence-electron chi connectivity index (χ2n) is 3.71. The maximum Gasteiger partial charge on any atom is 0.335 e. The smallest absolute Gasteiger partial charge is 0.335 e. The Hall–Kier alpha value is -2.55. The molecule has 0 unspecified atom stereocenters. The summed E-state index contributed by atoms with van der Waals surface area (Å²) in [6.07, 6.45) is 2.85. The number of aromatic carboxylic acids is 1. The standard InChI is InChI=1S/C11H11N3O5S/c1-19-8-6-7(10(15)16)2-3-9(8)20(17,18)14-11-12-4-5-13-11/h2-6H,1H3,(H,15,16)(H2,12,13,14). The van der Waals surface area contributed by atoms with E-state index in [-0.39, 0.29) is 22.2 Å². The van der Waals surface area contributed by atoms with Gasteiger partial charge in [-0.2, -0.15) is 0 Å². The molecule has 1 aromatic heterocycles. The summed E-state index contributed by atoms with van der Waals surface area (Å²) >= 11 is 0. The number of rotatable bonds is 5. The van der Waals surface area contributed by atoms with Gasteiger partial charge in [0.05, 0.1) is 12.7 Å². The molecule has 0 aliphatic rings. The van der Waals surface area contributed by atoms with E-state index in [1.165, 1.54) is 25.6 Å². The third kappa shape index (κ3) is 2.72. The summed E-state index contributed by atoms with van der Waals surface area (Å²) in [5.41, 5.74) is -0.0706. The molecule has 0 fully saturated rings. The van der Waals surface area contributed by atoms with Crippen LogP contribution in [0.15, 0.2) is 35.5 Å². The van der Waals surface area contributed by atoms with Crippen molar-refractivity contribution in [2.45, 2.75) is 4.90 Å². The molecule has 0 aliphatic carbocycles. The minimum absolute atomic E-state index is 0.0503. The number of nitrogens with zero attached hydrogens (tertiary/aromatic N) is 1. The van der Waals surface area contributed by atoms with Crippen molar-refractivity contribution in [1.82, 2.24) is 9.97 Å². The summed E-state index contributed by atoms with van der Waals surface area (Å²) in [6.45, 7) is 0. The molecule has 2 rings (SSSR count). The van der Waals surface area contributed by atoms with Crippen LogP contribution in [0.1, 0.15) is 10.4 Å². The Kier molecular flexibility index (Phi) is 3.61. The number of imidazole rings is 1. The maximum atomic E-state index is 12.2. The second kappa shape index (κ2) is 5.21. The lowest BCUT2D eigenvalue weighted by atomic mass is 10.2. The van der Waals surface area contributed by atoms with Crippen molar-refractivity contribution >= 4 is 21.9 Å². The lowest BCUT2D eigenvalue weighted by Crippen LogP contribution is -2.15. The number of sulfonamides is 1. The Bertz CT molecular complexity index is 725. The van der Waals surface area contributed by atoms with Gasteiger partial charge in [0.25, 0.3) is 10.0 Å². The van der Waals surface area contributed by atoms with Crippen LogP contribution in [0.3, 0.4) is 0 Å². The van der Waals surface area contributed by atoms with Gasteiger partial charge in [-0.1, -0.05) is 0 Å². The number of methoxy groups -OCH3 is 1. The third-order valence-electron chi connectivity index (χ3n) is 2.43. The lowest BCUT2D eigenvalue weighted by molar-refractivity contribution is 0.0696. The highest BCUT2D eigenvalue weighted by molar-refractivity contribution is 7.92. The number of hydrogen-bond acceptors (Lipinski definition) is 5. The molecule has 0 bridgehead atoms. The number of benzene rings is 1. The van der Waals surface area contributed by atoms with Crippen molar-refractivity contribution in [2.75, 3.05) is 11.8 Å². The SMILES string of the molecule is COc1cc(C(=O)O)ccc1S(=O)(=O)Nc1ncc[nH]1. The first-order valence-corrected chi connectivity index (χ1v) is 6.86. The first kappa shape index (κ1) is 13.9. The highest BCUT2D eigenvalue weighted by atomic mass is 32.2. The molecule has 0 saturated heterocycles. The molecular weight excluding hydrogens is 286 g/mol. The number of carboxylic acids is 1. The number of H-pyrrole nitrogens is 1. The number of nitrogens with one attached hydrogen (secondary N) is 2. The number of aromatic nitrogens is 2. The van der Waals surface area contributed by atoms with Crippen LogP contribution in [0.4, 0.5) is 5.95 Å². The Morgan fingerprint density at radius 3 is 2.75 bits per heavy atom. The Morgan fingerprint density at radius 1 is 1.45 bits per heavy atom. The van der Waals surface area contributed by atoms with Gasteiger partial charge >= 0.3 is 5.97 Å². The van der Waals surface area contributed by atoms with E-state index in [1.54, 1.807) is 0 Å². The molecule has 0 amide bonds. The molecule has 8 nitrogen and oxygen atoms in total. The van der Waals surface area contributed by atoms with Crippen molar-refractivity contribution in [3.8, 4) is 5.75 Å². The topological polar surface area (TPSA) is 121 Å². The monoisotopic (exact) mass is 297 g/mol. The fourth-order valence-electron chi connectivity index (χ4n) is 1.53. The highest BCUT2D eigenvalue weighted by Crippen LogP contribution is 2.26. The van der Waals surface area contributed by atoms with E-state index in [1.807, 2.05) is 0 Å². The van der Waals surface area contributed by atoms with Crippen LogP contribution >= 0.6 is 0 Å².